The molecule has 0 saturated heterocycles. The number of benzene rings is 3. The number of rotatable bonds is 8. The molecule has 150 valence electrons. The van der Waals surface area contributed by atoms with E-state index in [1.54, 1.807) is 6.20 Å². The molecule has 4 aromatic rings. The fourth-order valence-electron chi connectivity index (χ4n) is 3.65. The van der Waals surface area contributed by atoms with Crippen LogP contribution in [0.2, 0.25) is 0 Å². The quantitative estimate of drug-likeness (QED) is 0.438. The average molecular weight is 397 g/mol. The fraction of sp³-hybridized carbons (Fsp3) is 0.154. The van der Waals surface area contributed by atoms with E-state index in [-0.39, 0.29) is 24.1 Å². The van der Waals surface area contributed by atoms with Crippen molar-refractivity contribution in [3.05, 3.63) is 102 Å². The van der Waals surface area contributed by atoms with E-state index < -0.39 is 0 Å². The molecule has 0 saturated carbocycles. The van der Waals surface area contributed by atoms with E-state index in [1.807, 2.05) is 84.9 Å². The van der Waals surface area contributed by atoms with Crippen LogP contribution >= 0.6 is 0 Å². The molecular formula is C26H23NO3. The first-order valence-electron chi connectivity index (χ1n) is 10.0. The average Bonchev–Trinajstić information content (AvgIpc) is 2.80. The van der Waals surface area contributed by atoms with Gasteiger partial charge in [0.05, 0.1) is 0 Å². The van der Waals surface area contributed by atoms with Crippen molar-refractivity contribution in [3.8, 4) is 11.5 Å². The number of carbonyl (C=O) groups is 1. The number of Topliss-reactive ketones (excluding diaryl/α,β-unsaturated/α-hetero) is 1. The Morgan fingerprint density at radius 2 is 1.63 bits per heavy atom. The van der Waals surface area contributed by atoms with Gasteiger partial charge in [-0.2, -0.15) is 0 Å². The van der Waals surface area contributed by atoms with Gasteiger partial charge < -0.3 is 9.84 Å². The molecule has 4 nitrogen and oxygen atoms in total. The highest BCUT2D eigenvalue weighted by Crippen LogP contribution is 2.32. The predicted octanol–water partition coefficient (Wildman–Crippen LogP) is 5.30. The van der Waals surface area contributed by atoms with Crippen molar-refractivity contribution in [1.29, 1.82) is 0 Å². The van der Waals surface area contributed by atoms with Gasteiger partial charge in [-0.25, -0.2) is 0 Å². The Bertz CT molecular complexity index is 1130. The van der Waals surface area contributed by atoms with E-state index in [4.69, 9.17) is 4.74 Å². The van der Waals surface area contributed by atoms with Crippen LogP contribution in [0.4, 0.5) is 0 Å². The molecular weight excluding hydrogens is 374 g/mol. The second-order valence-electron chi connectivity index (χ2n) is 7.30. The highest BCUT2D eigenvalue weighted by atomic mass is 16.5. The maximum absolute atomic E-state index is 12.7. The number of phenolic OH excluding ortho intramolecular Hbond substituents is 1. The summed E-state index contributed by atoms with van der Waals surface area (Å²) in [6.45, 7) is 0.0264. The summed E-state index contributed by atoms with van der Waals surface area (Å²) in [5, 5.41) is 11.7. The highest BCUT2D eigenvalue weighted by molar-refractivity contribution is 5.85. The van der Waals surface area contributed by atoms with Crippen molar-refractivity contribution in [3.63, 3.8) is 0 Å². The molecule has 0 fully saturated rings. The third-order valence-electron chi connectivity index (χ3n) is 5.19. The first kappa shape index (κ1) is 19.6. The van der Waals surface area contributed by atoms with Crippen molar-refractivity contribution in [2.75, 3.05) is 6.61 Å². The fourth-order valence-corrected chi connectivity index (χ4v) is 3.65. The molecule has 0 spiro atoms. The highest BCUT2D eigenvalue weighted by Gasteiger charge is 2.20. The molecule has 1 unspecified atom stereocenters. The van der Waals surface area contributed by atoms with Crippen molar-refractivity contribution in [1.82, 2.24) is 4.98 Å². The van der Waals surface area contributed by atoms with Crippen LogP contribution in [-0.2, 0) is 11.2 Å². The van der Waals surface area contributed by atoms with Gasteiger partial charge in [-0.3, -0.25) is 9.78 Å². The minimum atomic E-state index is -0.0647. The van der Waals surface area contributed by atoms with Crippen LogP contribution in [0.1, 0.15) is 23.5 Å². The number of ketones is 1. The maximum atomic E-state index is 12.7. The van der Waals surface area contributed by atoms with Crippen LogP contribution in [0.15, 0.2) is 91.1 Å². The molecule has 1 N–H and O–H groups in total. The van der Waals surface area contributed by atoms with Crippen molar-refractivity contribution in [2.45, 2.75) is 18.8 Å². The number of aromatic nitrogens is 1. The largest absolute Gasteiger partial charge is 0.505 e. The predicted molar refractivity (Wildman–Crippen MR) is 118 cm³/mol. The smallest absolute Gasteiger partial charge is 0.170 e. The molecule has 0 aliphatic carbocycles. The lowest BCUT2D eigenvalue weighted by atomic mass is 9.87. The number of carbonyl (C=O) groups excluding carboxylic acids is 1. The standard InChI is InChI=1S/C26H23NO3/c28-23(18-30-24-11-5-2-6-12-24)17-22(19-8-3-1-4-9-19)16-21-14-13-20-10-7-15-27-25(20)26(21)29/h1-15,22,29H,16-18H2. The van der Waals surface area contributed by atoms with Crippen LogP contribution < -0.4 is 4.74 Å². The monoisotopic (exact) mass is 397 g/mol. The van der Waals surface area contributed by atoms with Gasteiger partial charge in [0.15, 0.2) is 5.78 Å². The van der Waals surface area contributed by atoms with Gasteiger partial charge in [0.2, 0.25) is 0 Å². The second-order valence-corrected chi connectivity index (χ2v) is 7.30. The molecule has 1 aromatic heterocycles. The molecule has 4 rings (SSSR count). The van der Waals surface area contributed by atoms with E-state index in [0.29, 0.717) is 24.1 Å². The number of fused-ring (bicyclic) bond motifs is 1. The minimum Gasteiger partial charge on any atom is -0.505 e. The molecule has 30 heavy (non-hydrogen) atoms. The number of ether oxygens (including phenoxy) is 1. The molecule has 1 heterocycles. The molecule has 0 amide bonds. The summed E-state index contributed by atoms with van der Waals surface area (Å²) in [6.07, 6.45) is 2.54. The minimum absolute atomic E-state index is 0.0195. The molecule has 1 atom stereocenters. The van der Waals surface area contributed by atoms with Gasteiger partial charge in [-0.1, -0.05) is 66.7 Å². The van der Waals surface area contributed by atoms with Gasteiger partial charge in [0.25, 0.3) is 0 Å². The Kier molecular flexibility index (Phi) is 6.04. The van der Waals surface area contributed by atoms with Gasteiger partial charge in [0, 0.05) is 18.0 Å². The number of phenols is 1. The first-order valence-corrected chi connectivity index (χ1v) is 10.0. The third kappa shape index (κ3) is 4.66. The van der Waals surface area contributed by atoms with Crippen LogP contribution in [0.3, 0.4) is 0 Å². The number of pyridine rings is 1. The maximum Gasteiger partial charge on any atom is 0.170 e. The zero-order chi connectivity index (χ0) is 20.8. The summed E-state index contributed by atoms with van der Waals surface area (Å²) in [6, 6.07) is 26.9. The van der Waals surface area contributed by atoms with Crippen molar-refractivity contribution >= 4 is 16.7 Å². The normalized spacial score (nSPS) is 11.9. The molecule has 0 radical (unpaired) electrons. The number of para-hydroxylation sites is 1. The Labute approximate surface area is 175 Å². The summed E-state index contributed by atoms with van der Waals surface area (Å²) in [7, 11) is 0. The topological polar surface area (TPSA) is 59.4 Å². The van der Waals surface area contributed by atoms with E-state index in [9.17, 15) is 9.90 Å². The lowest BCUT2D eigenvalue weighted by Crippen LogP contribution is -2.16. The van der Waals surface area contributed by atoms with Crippen LogP contribution in [0, 0.1) is 0 Å². The first-order chi connectivity index (χ1) is 14.7. The lowest BCUT2D eigenvalue weighted by Gasteiger charge is -2.18. The molecule has 0 aliphatic heterocycles. The van der Waals surface area contributed by atoms with Gasteiger partial charge in [-0.15, -0.1) is 0 Å². The number of hydrogen-bond donors (Lipinski definition) is 1. The summed E-state index contributed by atoms with van der Waals surface area (Å²) >= 11 is 0. The van der Waals surface area contributed by atoms with Crippen LogP contribution in [-0.4, -0.2) is 22.5 Å². The summed E-state index contributed by atoms with van der Waals surface area (Å²) < 4.78 is 5.63. The van der Waals surface area contributed by atoms with Gasteiger partial charge in [-0.05, 0) is 41.7 Å². The van der Waals surface area contributed by atoms with E-state index in [0.717, 1.165) is 16.5 Å². The molecule has 3 aromatic carbocycles. The second kappa shape index (κ2) is 9.23. The van der Waals surface area contributed by atoms with Gasteiger partial charge in [0.1, 0.15) is 23.6 Å². The zero-order valence-corrected chi connectivity index (χ0v) is 16.6. The Balaban J connectivity index is 1.53. The molecule has 0 bridgehead atoms. The molecule has 4 heteroatoms. The SMILES string of the molecule is O=C(COc1ccccc1)CC(Cc1ccc2cccnc2c1O)c1ccccc1. The van der Waals surface area contributed by atoms with Crippen molar-refractivity contribution < 1.29 is 14.6 Å². The van der Waals surface area contributed by atoms with Gasteiger partial charge >= 0.3 is 0 Å². The lowest BCUT2D eigenvalue weighted by molar-refractivity contribution is -0.121. The van der Waals surface area contributed by atoms with E-state index in [1.165, 1.54) is 0 Å². The number of nitrogens with zero attached hydrogens (tertiary/aromatic N) is 1. The summed E-state index contributed by atoms with van der Waals surface area (Å²) in [4.78, 5) is 17.0. The zero-order valence-electron chi connectivity index (χ0n) is 16.6. The number of hydrogen-bond acceptors (Lipinski definition) is 4. The summed E-state index contributed by atoms with van der Waals surface area (Å²) in [5.74, 6) is 0.818. The van der Waals surface area contributed by atoms with E-state index in [2.05, 4.69) is 4.98 Å². The molecule has 0 aliphatic rings. The Hall–Kier alpha value is -3.66. The van der Waals surface area contributed by atoms with Crippen molar-refractivity contribution in [2.24, 2.45) is 0 Å². The van der Waals surface area contributed by atoms with Crippen LogP contribution in [0.25, 0.3) is 10.9 Å². The number of aromatic hydroxyl groups is 1. The van der Waals surface area contributed by atoms with E-state index >= 15 is 0 Å². The third-order valence-corrected chi connectivity index (χ3v) is 5.19. The Morgan fingerprint density at radius 3 is 2.40 bits per heavy atom. The summed E-state index contributed by atoms with van der Waals surface area (Å²) in [5.41, 5.74) is 2.43. The Morgan fingerprint density at radius 1 is 0.900 bits per heavy atom. The van der Waals surface area contributed by atoms with Crippen LogP contribution in [0.5, 0.6) is 11.5 Å².